The van der Waals surface area contributed by atoms with Crippen molar-refractivity contribution in [2.45, 2.75) is 6.92 Å². The van der Waals surface area contributed by atoms with Crippen molar-refractivity contribution in [3.05, 3.63) is 45.7 Å². The third-order valence-electron chi connectivity index (χ3n) is 2.53. The zero-order valence-electron chi connectivity index (χ0n) is 8.71. The van der Waals surface area contributed by atoms with Gasteiger partial charge in [0.2, 0.25) is 5.56 Å². The summed E-state index contributed by atoms with van der Waals surface area (Å²) in [5, 5.41) is 1.08. The highest BCUT2D eigenvalue weighted by Crippen LogP contribution is 2.20. The Hall–Kier alpha value is -1.42. The van der Waals surface area contributed by atoms with E-state index in [1.807, 2.05) is 13.0 Å². The molecule has 2 rings (SSSR count). The summed E-state index contributed by atoms with van der Waals surface area (Å²) in [5.41, 5.74) is 2.17. The van der Waals surface area contributed by atoms with Crippen LogP contribution >= 0.6 is 15.9 Å². The highest BCUT2D eigenvalue weighted by atomic mass is 79.9. The van der Waals surface area contributed by atoms with Crippen molar-refractivity contribution in [3.8, 4) is 0 Å². The number of aromatic nitrogens is 1. The van der Waals surface area contributed by atoms with Gasteiger partial charge in [0, 0.05) is 17.0 Å². The average Bonchev–Trinajstić information content (AvgIpc) is 2.29. The minimum atomic E-state index is -0.154. The van der Waals surface area contributed by atoms with Crippen molar-refractivity contribution < 1.29 is 4.79 Å². The maximum Gasteiger partial charge on any atom is 0.248 e. The van der Waals surface area contributed by atoms with Crippen LogP contribution in [-0.2, 0) is 0 Å². The zero-order valence-corrected chi connectivity index (χ0v) is 10.3. The molecule has 3 nitrogen and oxygen atoms in total. The number of pyridine rings is 1. The Labute approximate surface area is 101 Å². The second-order valence-corrected chi connectivity index (χ2v) is 4.16. The first kappa shape index (κ1) is 11.1. The van der Waals surface area contributed by atoms with Crippen LogP contribution in [0.3, 0.4) is 0 Å². The number of hydrogen-bond donors (Lipinski definition) is 1. The van der Waals surface area contributed by atoms with Crippen molar-refractivity contribution >= 4 is 32.6 Å². The standard InChI is InChI=1S/C12H10BrNO2/c1-7-2-3-8(10(15)6-13)9-4-5-11(16)14-12(7)9/h2-5H,6H2,1H3,(H,14,16). The molecule has 1 heterocycles. The molecular weight excluding hydrogens is 270 g/mol. The smallest absolute Gasteiger partial charge is 0.248 e. The molecule has 0 amide bonds. The zero-order chi connectivity index (χ0) is 11.7. The van der Waals surface area contributed by atoms with Crippen LogP contribution in [0.4, 0.5) is 0 Å². The van der Waals surface area contributed by atoms with Gasteiger partial charge in [-0.1, -0.05) is 28.1 Å². The van der Waals surface area contributed by atoms with Gasteiger partial charge in [-0.15, -0.1) is 0 Å². The summed E-state index contributed by atoms with van der Waals surface area (Å²) in [6.07, 6.45) is 0. The molecule has 0 radical (unpaired) electrons. The number of nitrogens with one attached hydrogen (secondary N) is 1. The van der Waals surface area contributed by atoms with Crippen LogP contribution in [0.25, 0.3) is 10.9 Å². The number of rotatable bonds is 2. The number of ketones is 1. The Morgan fingerprint density at radius 1 is 1.31 bits per heavy atom. The number of H-pyrrole nitrogens is 1. The molecule has 4 heteroatoms. The predicted octanol–water partition coefficient (Wildman–Crippen LogP) is 2.41. The number of aryl methyl sites for hydroxylation is 1. The van der Waals surface area contributed by atoms with E-state index in [0.717, 1.165) is 16.5 Å². The number of fused-ring (bicyclic) bond motifs is 1. The monoisotopic (exact) mass is 279 g/mol. The number of aromatic amines is 1. The van der Waals surface area contributed by atoms with E-state index in [2.05, 4.69) is 20.9 Å². The molecule has 16 heavy (non-hydrogen) atoms. The highest BCUT2D eigenvalue weighted by Gasteiger charge is 2.10. The van der Waals surface area contributed by atoms with Crippen molar-refractivity contribution in [1.29, 1.82) is 0 Å². The van der Waals surface area contributed by atoms with E-state index in [4.69, 9.17) is 0 Å². The number of Topliss-reactive ketones (excluding diaryl/α,β-unsaturated/α-hetero) is 1. The first-order chi connectivity index (χ1) is 7.63. The predicted molar refractivity (Wildman–Crippen MR) is 67.4 cm³/mol. The van der Waals surface area contributed by atoms with Crippen molar-refractivity contribution in [2.75, 3.05) is 5.33 Å². The second kappa shape index (κ2) is 4.22. The van der Waals surface area contributed by atoms with Crippen LogP contribution in [0.1, 0.15) is 15.9 Å². The SMILES string of the molecule is Cc1ccc(C(=O)CBr)c2ccc(=O)[nH]c12. The fourth-order valence-corrected chi connectivity index (χ4v) is 2.01. The molecule has 0 aliphatic rings. The lowest BCUT2D eigenvalue weighted by atomic mass is 10.0. The van der Waals surface area contributed by atoms with E-state index in [0.29, 0.717) is 5.56 Å². The topological polar surface area (TPSA) is 49.9 Å². The highest BCUT2D eigenvalue weighted by molar-refractivity contribution is 9.09. The van der Waals surface area contributed by atoms with Gasteiger partial charge in [-0.2, -0.15) is 0 Å². The van der Waals surface area contributed by atoms with E-state index >= 15 is 0 Å². The Morgan fingerprint density at radius 2 is 2.06 bits per heavy atom. The molecule has 1 N–H and O–H groups in total. The number of halogens is 1. The lowest BCUT2D eigenvalue weighted by molar-refractivity contribution is 0.102. The molecule has 0 saturated carbocycles. The van der Waals surface area contributed by atoms with Crippen molar-refractivity contribution in [2.24, 2.45) is 0 Å². The molecule has 0 saturated heterocycles. The molecule has 2 aromatic rings. The third-order valence-corrected chi connectivity index (χ3v) is 3.03. The molecule has 0 aliphatic carbocycles. The number of carbonyl (C=O) groups is 1. The van der Waals surface area contributed by atoms with Crippen molar-refractivity contribution in [1.82, 2.24) is 4.98 Å². The molecule has 0 bridgehead atoms. The van der Waals surface area contributed by atoms with Gasteiger partial charge in [0.1, 0.15) is 0 Å². The van der Waals surface area contributed by atoms with Gasteiger partial charge in [0.25, 0.3) is 0 Å². The Bertz CT molecular complexity index is 616. The van der Waals surface area contributed by atoms with Crippen LogP contribution in [0, 0.1) is 6.92 Å². The number of hydrogen-bond acceptors (Lipinski definition) is 2. The summed E-state index contributed by atoms with van der Waals surface area (Å²) >= 11 is 3.15. The normalized spacial score (nSPS) is 10.6. The lowest BCUT2D eigenvalue weighted by Crippen LogP contribution is -2.07. The molecule has 1 aromatic carbocycles. The lowest BCUT2D eigenvalue weighted by Gasteiger charge is -2.06. The summed E-state index contributed by atoms with van der Waals surface area (Å²) in [6, 6.07) is 6.76. The Morgan fingerprint density at radius 3 is 2.75 bits per heavy atom. The Balaban J connectivity index is 2.84. The molecular formula is C12H10BrNO2. The van der Waals surface area contributed by atoms with E-state index in [1.54, 1.807) is 12.1 Å². The largest absolute Gasteiger partial charge is 0.322 e. The van der Waals surface area contributed by atoms with E-state index in [-0.39, 0.29) is 16.7 Å². The molecule has 1 aromatic heterocycles. The van der Waals surface area contributed by atoms with Crippen molar-refractivity contribution in [3.63, 3.8) is 0 Å². The quantitative estimate of drug-likeness (QED) is 0.678. The number of carbonyl (C=O) groups excluding carboxylic acids is 1. The molecule has 0 fully saturated rings. The Kier molecular flexibility index (Phi) is 2.92. The molecule has 0 atom stereocenters. The van der Waals surface area contributed by atoms with Crippen LogP contribution in [-0.4, -0.2) is 16.1 Å². The summed E-state index contributed by atoms with van der Waals surface area (Å²) in [6.45, 7) is 1.90. The third kappa shape index (κ3) is 1.80. The van der Waals surface area contributed by atoms with Gasteiger partial charge in [-0.05, 0) is 18.6 Å². The van der Waals surface area contributed by atoms with Crippen LogP contribution < -0.4 is 5.56 Å². The molecule has 0 spiro atoms. The summed E-state index contributed by atoms with van der Waals surface area (Å²) in [5.74, 6) is 0.0112. The summed E-state index contributed by atoms with van der Waals surface area (Å²) in [7, 11) is 0. The van der Waals surface area contributed by atoms with E-state index in [1.165, 1.54) is 6.07 Å². The molecule has 82 valence electrons. The van der Waals surface area contributed by atoms with Gasteiger partial charge in [-0.25, -0.2) is 0 Å². The average molecular weight is 280 g/mol. The van der Waals surface area contributed by atoms with Gasteiger partial charge >= 0.3 is 0 Å². The number of alkyl halides is 1. The van der Waals surface area contributed by atoms with Crippen LogP contribution in [0.5, 0.6) is 0 Å². The molecule has 0 aliphatic heterocycles. The first-order valence-electron chi connectivity index (χ1n) is 4.85. The minimum Gasteiger partial charge on any atom is -0.322 e. The van der Waals surface area contributed by atoms with Gasteiger partial charge in [0.15, 0.2) is 5.78 Å². The second-order valence-electron chi connectivity index (χ2n) is 3.60. The fourth-order valence-electron chi connectivity index (χ4n) is 1.71. The summed E-state index contributed by atoms with van der Waals surface area (Å²) in [4.78, 5) is 25.7. The van der Waals surface area contributed by atoms with Crippen LogP contribution in [0.15, 0.2) is 29.1 Å². The maximum absolute atomic E-state index is 11.7. The van der Waals surface area contributed by atoms with Gasteiger partial charge in [0.05, 0.1) is 10.8 Å². The molecule has 0 unspecified atom stereocenters. The fraction of sp³-hybridized carbons (Fsp3) is 0.167. The number of benzene rings is 1. The summed E-state index contributed by atoms with van der Waals surface area (Å²) < 4.78 is 0. The van der Waals surface area contributed by atoms with E-state index < -0.39 is 0 Å². The first-order valence-corrected chi connectivity index (χ1v) is 5.97. The van der Waals surface area contributed by atoms with E-state index in [9.17, 15) is 9.59 Å². The van der Waals surface area contributed by atoms with Gasteiger partial charge in [-0.3, -0.25) is 9.59 Å². The minimum absolute atomic E-state index is 0.0112. The van der Waals surface area contributed by atoms with Gasteiger partial charge < -0.3 is 4.98 Å². The maximum atomic E-state index is 11.7. The van der Waals surface area contributed by atoms with Crippen LogP contribution in [0.2, 0.25) is 0 Å².